The summed E-state index contributed by atoms with van der Waals surface area (Å²) >= 11 is 0. The highest BCUT2D eigenvalue weighted by Crippen LogP contribution is 2.37. The lowest BCUT2D eigenvalue weighted by molar-refractivity contribution is -0.143. The fraction of sp³-hybridized carbons (Fsp3) is 0.528. The van der Waals surface area contributed by atoms with E-state index in [2.05, 4.69) is 39.0 Å². The van der Waals surface area contributed by atoms with E-state index in [4.69, 9.17) is 0 Å². The number of piperazine rings is 1. The molecule has 0 bridgehead atoms. The van der Waals surface area contributed by atoms with E-state index in [1.54, 1.807) is 0 Å². The Morgan fingerprint density at radius 3 is 2.02 bits per heavy atom. The van der Waals surface area contributed by atoms with Crippen LogP contribution in [0.15, 0.2) is 72.8 Å². The van der Waals surface area contributed by atoms with E-state index in [0.717, 1.165) is 64.2 Å². The smallest absolute Gasteiger partial charge is 0.335 e. The van der Waals surface area contributed by atoms with Crippen molar-refractivity contribution in [3.63, 3.8) is 0 Å². The summed E-state index contributed by atoms with van der Waals surface area (Å²) in [7, 11) is 0. The molecule has 0 spiro atoms. The predicted molar refractivity (Wildman–Crippen MR) is 169 cm³/mol. The SMILES string of the molecule is O=C(c1cc(C(F)(F)F)cc(C(F)(F)F)c1)N1CCC(N2CCN(C3CCN(CC4C=CC=CC4)C3)CC2)CC1Cc1ccccc1. The number of hydrogen-bond donors (Lipinski definition) is 0. The van der Waals surface area contributed by atoms with Gasteiger partial charge in [-0.1, -0.05) is 54.6 Å². The highest BCUT2D eigenvalue weighted by atomic mass is 19.4. The lowest BCUT2D eigenvalue weighted by Gasteiger charge is -2.47. The molecule has 2 aromatic rings. The van der Waals surface area contributed by atoms with Crippen LogP contribution in [-0.2, 0) is 18.8 Å². The number of rotatable bonds is 7. The largest absolute Gasteiger partial charge is 0.416 e. The van der Waals surface area contributed by atoms with Gasteiger partial charge in [0.1, 0.15) is 0 Å². The van der Waals surface area contributed by atoms with Gasteiger partial charge in [0.2, 0.25) is 0 Å². The molecule has 3 fully saturated rings. The quantitative estimate of drug-likeness (QED) is 0.307. The molecule has 0 N–H and O–H groups in total. The highest BCUT2D eigenvalue weighted by molar-refractivity contribution is 5.95. The van der Waals surface area contributed by atoms with E-state index in [1.165, 1.54) is 4.90 Å². The fourth-order valence-corrected chi connectivity index (χ4v) is 7.80. The van der Waals surface area contributed by atoms with Crippen molar-refractivity contribution in [1.82, 2.24) is 19.6 Å². The lowest BCUT2D eigenvalue weighted by atomic mass is 9.90. The lowest BCUT2D eigenvalue weighted by Crippen LogP contribution is -2.58. The molecule has 0 saturated carbocycles. The molecule has 6 rings (SSSR count). The van der Waals surface area contributed by atoms with Gasteiger partial charge in [0.25, 0.3) is 5.91 Å². The zero-order valence-corrected chi connectivity index (χ0v) is 26.4. The molecule has 2 aromatic carbocycles. The van der Waals surface area contributed by atoms with E-state index in [1.807, 2.05) is 30.3 Å². The van der Waals surface area contributed by atoms with Gasteiger partial charge in [-0.05, 0) is 68.3 Å². The molecule has 1 amide bonds. The maximum absolute atomic E-state index is 13.7. The number of benzene rings is 2. The van der Waals surface area contributed by atoms with Crippen LogP contribution >= 0.6 is 0 Å². The number of amides is 1. The molecule has 3 aliphatic heterocycles. The predicted octanol–water partition coefficient (Wildman–Crippen LogP) is 6.76. The second kappa shape index (κ2) is 14.1. The van der Waals surface area contributed by atoms with Crippen LogP contribution in [0.3, 0.4) is 0 Å². The zero-order chi connectivity index (χ0) is 33.2. The van der Waals surface area contributed by atoms with Crippen LogP contribution in [-0.4, -0.2) is 96.0 Å². The maximum atomic E-state index is 13.7. The first kappa shape index (κ1) is 33.7. The number of allylic oxidation sites excluding steroid dienone is 3. The van der Waals surface area contributed by atoms with Gasteiger partial charge in [0.05, 0.1) is 11.1 Å². The van der Waals surface area contributed by atoms with Crippen LogP contribution < -0.4 is 0 Å². The number of alkyl halides is 6. The number of piperidine rings is 1. The number of nitrogens with zero attached hydrogens (tertiary/aromatic N) is 4. The first-order valence-corrected chi connectivity index (χ1v) is 16.6. The molecule has 254 valence electrons. The molecular weight excluding hydrogens is 618 g/mol. The van der Waals surface area contributed by atoms with Crippen LogP contribution in [0, 0.1) is 5.92 Å². The molecule has 4 aliphatic rings. The Hall–Kier alpha value is -3.15. The summed E-state index contributed by atoms with van der Waals surface area (Å²) in [5.74, 6) is -0.214. The second-order valence-corrected chi connectivity index (χ2v) is 13.4. The van der Waals surface area contributed by atoms with Crippen molar-refractivity contribution >= 4 is 5.91 Å². The maximum Gasteiger partial charge on any atom is 0.416 e. The van der Waals surface area contributed by atoms with Crippen LogP contribution in [0.2, 0.25) is 0 Å². The van der Waals surface area contributed by atoms with Gasteiger partial charge < -0.3 is 9.80 Å². The monoisotopic (exact) mass is 660 g/mol. The van der Waals surface area contributed by atoms with Gasteiger partial charge in [-0.3, -0.25) is 14.6 Å². The van der Waals surface area contributed by atoms with Crippen molar-refractivity contribution in [2.24, 2.45) is 5.92 Å². The van der Waals surface area contributed by atoms with Crippen molar-refractivity contribution in [3.05, 3.63) is 95.1 Å². The van der Waals surface area contributed by atoms with E-state index in [9.17, 15) is 31.1 Å². The van der Waals surface area contributed by atoms with Gasteiger partial charge in [0, 0.05) is 69.5 Å². The number of carbonyl (C=O) groups is 1. The summed E-state index contributed by atoms with van der Waals surface area (Å²) in [5, 5.41) is 0. The van der Waals surface area contributed by atoms with Gasteiger partial charge in [-0.25, -0.2) is 0 Å². The van der Waals surface area contributed by atoms with Gasteiger partial charge in [0.15, 0.2) is 0 Å². The third kappa shape index (κ3) is 8.29. The Morgan fingerprint density at radius 1 is 0.766 bits per heavy atom. The molecule has 4 atom stereocenters. The topological polar surface area (TPSA) is 30.0 Å². The van der Waals surface area contributed by atoms with Crippen molar-refractivity contribution < 1.29 is 31.1 Å². The molecule has 5 nitrogen and oxygen atoms in total. The molecule has 1 aliphatic carbocycles. The minimum absolute atomic E-state index is 0.0684. The van der Waals surface area contributed by atoms with Crippen molar-refractivity contribution in [2.45, 2.75) is 62.6 Å². The van der Waals surface area contributed by atoms with E-state index in [0.29, 0.717) is 43.4 Å². The number of carbonyl (C=O) groups excluding carboxylic acids is 1. The number of hydrogen-bond acceptors (Lipinski definition) is 4. The summed E-state index contributed by atoms with van der Waals surface area (Å²) in [5.41, 5.74) is -2.57. The van der Waals surface area contributed by atoms with Crippen molar-refractivity contribution in [3.8, 4) is 0 Å². The Morgan fingerprint density at radius 2 is 1.40 bits per heavy atom. The third-order valence-corrected chi connectivity index (χ3v) is 10.3. The standard InChI is InChI=1S/C36H42F6N4O/c37-35(38,39)29-20-28(21-30(22-29)36(40,41)42)34(47)46-14-12-31(23-33(46)19-26-7-3-1-4-8-26)44-15-17-45(18-16-44)32-11-13-43(25-32)24-27-9-5-2-6-10-27/h1-9,20-22,27,31-33H,10-19,23-25H2. The average Bonchev–Trinajstić information content (AvgIpc) is 3.53. The molecule has 0 radical (unpaired) electrons. The normalized spacial score (nSPS) is 26.6. The molecule has 0 aromatic heterocycles. The van der Waals surface area contributed by atoms with E-state index < -0.39 is 35.0 Å². The molecular formula is C36H42F6N4O. The summed E-state index contributed by atoms with van der Waals surface area (Å²) in [4.78, 5) is 22.9. The molecule has 11 heteroatoms. The Bertz CT molecular complexity index is 1400. The van der Waals surface area contributed by atoms with Crippen LogP contribution in [0.4, 0.5) is 26.3 Å². The van der Waals surface area contributed by atoms with Gasteiger partial charge in [-0.15, -0.1) is 0 Å². The average molecular weight is 661 g/mol. The number of halogens is 6. The number of likely N-dealkylation sites (tertiary alicyclic amines) is 2. The minimum atomic E-state index is -5.02. The van der Waals surface area contributed by atoms with Gasteiger partial charge >= 0.3 is 12.4 Å². The summed E-state index contributed by atoms with van der Waals surface area (Å²) in [6, 6.07) is 11.0. The minimum Gasteiger partial charge on any atom is -0.335 e. The van der Waals surface area contributed by atoms with Crippen molar-refractivity contribution in [2.75, 3.05) is 52.4 Å². The summed E-state index contributed by atoms with van der Waals surface area (Å²) in [6.07, 6.45) is 2.70. The molecule has 3 saturated heterocycles. The molecule has 4 unspecified atom stereocenters. The van der Waals surface area contributed by atoms with E-state index in [-0.39, 0.29) is 24.7 Å². The molecule has 3 heterocycles. The Balaban J connectivity index is 1.12. The van der Waals surface area contributed by atoms with Crippen LogP contribution in [0.25, 0.3) is 0 Å². The first-order valence-electron chi connectivity index (χ1n) is 16.6. The fourth-order valence-electron chi connectivity index (χ4n) is 7.80. The van der Waals surface area contributed by atoms with Gasteiger partial charge in [-0.2, -0.15) is 26.3 Å². The van der Waals surface area contributed by atoms with Crippen LogP contribution in [0.5, 0.6) is 0 Å². The highest BCUT2D eigenvalue weighted by Gasteiger charge is 2.41. The molecule has 47 heavy (non-hydrogen) atoms. The van der Waals surface area contributed by atoms with Crippen LogP contribution in [0.1, 0.15) is 52.7 Å². The van der Waals surface area contributed by atoms with Crippen molar-refractivity contribution in [1.29, 1.82) is 0 Å². The Kier molecular flexibility index (Phi) is 10.2. The second-order valence-electron chi connectivity index (χ2n) is 13.4. The first-order chi connectivity index (χ1) is 22.4. The third-order valence-electron chi connectivity index (χ3n) is 10.3. The van der Waals surface area contributed by atoms with E-state index >= 15 is 0 Å². The summed E-state index contributed by atoms with van der Waals surface area (Å²) in [6.45, 7) is 7.26. The summed E-state index contributed by atoms with van der Waals surface area (Å²) < 4.78 is 81.6. The zero-order valence-electron chi connectivity index (χ0n) is 26.4. The Labute approximate surface area is 272 Å².